The highest BCUT2D eigenvalue weighted by Gasteiger charge is 2.23. The SMILES string of the molecule is OCC1CCCCN1c1ncc(I)cn1. The first-order chi connectivity index (χ1) is 7.31. The Balaban J connectivity index is 2.16. The van der Waals surface area contributed by atoms with Crippen molar-refractivity contribution >= 4 is 28.5 Å². The second-order valence-corrected chi connectivity index (χ2v) is 4.97. The van der Waals surface area contributed by atoms with Gasteiger partial charge < -0.3 is 10.0 Å². The van der Waals surface area contributed by atoms with Gasteiger partial charge in [-0.1, -0.05) is 0 Å². The molecule has 1 aliphatic heterocycles. The number of hydrogen-bond acceptors (Lipinski definition) is 4. The lowest BCUT2D eigenvalue weighted by molar-refractivity contribution is 0.239. The van der Waals surface area contributed by atoms with Crippen molar-refractivity contribution in [2.24, 2.45) is 0 Å². The van der Waals surface area contributed by atoms with Crippen molar-refractivity contribution in [1.29, 1.82) is 0 Å². The van der Waals surface area contributed by atoms with Crippen LogP contribution in [0.2, 0.25) is 0 Å². The molecule has 5 heteroatoms. The lowest BCUT2D eigenvalue weighted by Crippen LogP contribution is -2.42. The fourth-order valence-electron chi connectivity index (χ4n) is 1.91. The summed E-state index contributed by atoms with van der Waals surface area (Å²) in [5.74, 6) is 0.745. The van der Waals surface area contributed by atoms with E-state index in [9.17, 15) is 5.11 Å². The molecule has 0 aromatic carbocycles. The summed E-state index contributed by atoms with van der Waals surface area (Å²) in [6, 6.07) is 0.193. The molecule has 0 radical (unpaired) electrons. The number of anilines is 1. The van der Waals surface area contributed by atoms with Crippen molar-refractivity contribution in [3.63, 3.8) is 0 Å². The molecule has 0 bridgehead atoms. The molecule has 1 aromatic heterocycles. The summed E-state index contributed by atoms with van der Waals surface area (Å²) >= 11 is 2.19. The Morgan fingerprint density at radius 3 is 2.80 bits per heavy atom. The van der Waals surface area contributed by atoms with E-state index >= 15 is 0 Å². The summed E-state index contributed by atoms with van der Waals surface area (Å²) in [7, 11) is 0. The summed E-state index contributed by atoms with van der Waals surface area (Å²) in [6.45, 7) is 1.14. The Morgan fingerprint density at radius 2 is 2.13 bits per heavy atom. The van der Waals surface area contributed by atoms with E-state index < -0.39 is 0 Å². The van der Waals surface area contributed by atoms with E-state index in [4.69, 9.17) is 0 Å². The Hall–Kier alpha value is -0.430. The number of rotatable bonds is 2. The van der Waals surface area contributed by atoms with Crippen LogP contribution in [-0.4, -0.2) is 34.3 Å². The number of halogens is 1. The van der Waals surface area contributed by atoms with E-state index in [1.807, 2.05) is 12.4 Å². The van der Waals surface area contributed by atoms with Gasteiger partial charge in [-0.2, -0.15) is 0 Å². The molecular weight excluding hydrogens is 305 g/mol. The van der Waals surface area contributed by atoms with E-state index in [2.05, 4.69) is 37.5 Å². The molecule has 1 fully saturated rings. The quantitative estimate of drug-likeness (QED) is 0.838. The summed E-state index contributed by atoms with van der Waals surface area (Å²) in [4.78, 5) is 10.7. The molecule has 15 heavy (non-hydrogen) atoms. The maximum atomic E-state index is 9.28. The van der Waals surface area contributed by atoms with Gasteiger partial charge in [0.05, 0.1) is 12.6 Å². The zero-order chi connectivity index (χ0) is 10.7. The molecule has 0 aliphatic carbocycles. The molecule has 1 saturated heterocycles. The van der Waals surface area contributed by atoms with Crippen LogP contribution >= 0.6 is 22.6 Å². The largest absolute Gasteiger partial charge is 0.394 e. The molecule has 0 amide bonds. The minimum atomic E-state index is 0.190. The van der Waals surface area contributed by atoms with E-state index in [-0.39, 0.29) is 12.6 Å². The van der Waals surface area contributed by atoms with E-state index in [1.54, 1.807) is 0 Å². The van der Waals surface area contributed by atoms with Crippen molar-refractivity contribution in [3.05, 3.63) is 16.0 Å². The number of hydrogen-bond donors (Lipinski definition) is 1. The van der Waals surface area contributed by atoms with Crippen LogP contribution < -0.4 is 4.90 Å². The monoisotopic (exact) mass is 319 g/mol. The van der Waals surface area contributed by atoms with Crippen molar-refractivity contribution in [3.8, 4) is 0 Å². The van der Waals surface area contributed by atoms with Crippen LogP contribution in [0.25, 0.3) is 0 Å². The minimum absolute atomic E-state index is 0.190. The van der Waals surface area contributed by atoms with Gasteiger partial charge in [0.2, 0.25) is 5.95 Å². The molecule has 4 nitrogen and oxygen atoms in total. The number of nitrogens with zero attached hydrogens (tertiary/aromatic N) is 3. The highest BCUT2D eigenvalue weighted by atomic mass is 127. The Labute approximate surface area is 103 Å². The van der Waals surface area contributed by atoms with E-state index in [1.165, 1.54) is 6.42 Å². The average molecular weight is 319 g/mol. The van der Waals surface area contributed by atoms with Crippen LogP contribution in [0.3, 0.4) is 0 Å². The molecule has 1 unspecified atom stereocenters. The van der Waals surface area contributed by atoms with E-state index in [0.717, 1.165) is 28.9 Å². The molecule has 2 rings (SSSR count). The van der Waals surface area contributed by atoms with Gasteiger partial charge >= 0.3 is 0 Å². The van der Waals surface area contributed by atoms with Crippen LogP contribution in [0.4, 0.5) is 5.95 Å². The minimum Gasteiger partial charge on any atom is -0.394 e. The predicted molar refractivity (Wildman–Crippen MR) is 66.8 cm³/mol. The molecule has 82 valence electrons. The first-order valence-electron chi connectivity index (χ1n) is 5.16. The topological polar surface area (TPSA) is 49.2 Å². The van der Waals surface area contributed by atoms with Gasteiger partial charge in [0.1, 0.15) is 0 Å². The van der Waals surface area contributed by atoms with Crippen LogP contribution in [0.5, 0.6) is 0 Å². The third-order valence-corrected chi connectivity index (χ3v) is 3.26. The van der Waals surface area contributed by atoms with Gasteiger partial charge in [0, 0.05) is 22.5 Å². The fourth-order valence-corrected chi connectivity index (χ4v) is 2.19. The van der Waals surface area contributed by atoms with Crippen molar-refractivity contribution in [1.82, 2.24) is 9.97 Å². The zero-order valence-electron chi connectivity index (χ0n) is 8.43. The lowest BCUT2D eigenvalue weighted by atomic mass is 10.0. The standard InChI is InChI=1S/C10H14IN3O/c11-8-5-12-10(13-6-8)14-4-2-1-3-9(14)7-15/h5-6,9,15H,1-4,7H2. The highest BCUT2D eigenvalue weighted by Crippen LogP contribution is 2.21. The second-order valence-electron chi connectivity index (χ2n) is 3.73. The van der Waals surface area contributed by atoms with E-state index in [0.29, 0.717) is 0 Å². The van der Waals surface area contributed by atoms with Crippen LogP contribution in [0.1, 0.15) is 19.3 Å². The third kappa shape index (κ3) is 2.57. The van der Waals surface area contributed by atoms with Gasteiger partial charge in [-0.25, -0.2) is 9.97 Å². The van der Waals surface area contributed by atoms with Crippen molar-refractivity contribution < 1.29 is 5.11 Å². The summed E-state index contributed by atoms with van der Waals surface area (Å²) in [5, 5.41) is 9.28. The number of aliphatic hydroxyl groups is 1. The first-order valence-corrected chi connectivity index (χ1v) is 6.24. The molecule has 0 spiro atoms. The predicted octanol–water partition coefficient (Wildman–Crippen LogP) is 1.43. The smallest absolute Gasteiger partial charge is 0.225 e. The fraction of sp³-hybridized carbons (Fsp3) is 0.600. The van der Waals surface area contributed by atoms with Gasteiger partial charge in [-0.3, -0.25) is 0 Å². The first kappa shape index (κ1) is 11.1. The zero-order valence-corrected chi connectivity index (χ0v) is 10.6. The second kappa shape index (κ2) is 5.07. The molecule has 1 aromatic rings. The van der Waals surface area contributed by atoms with Crippen LogP contribution in [-0.2, 0) is 0 Å². The average Bonchev–Trinajstić information content (AvgIpc) is 2.30. The van der Waals surface area contributed by atoms with Crippen molar-refractivity contribution in [2.45, 2.75) is 25.3 Å². The lowest BCUT2D eigenvalue weighted by Gasteiger charge is -2.34. The molecule has 1 N–H and O–H groups in total. The van der Waals surface area contributed by atoms with Crippen LogP contribution in [0.15, 0.2) is 12.4 Å². The number of aliphatic hydroxyl groups excluding tert-OH is 1. The van der Waals surface area contributed by atoms with Gasteiger partial charge in [-0.05, 0) is 41.9 Å². The maximum Gasteiger partial charge on any atom is 0.225 e. The molecule has 2 heterocycles. The number of piperidine rings is 1. The normalized spacial score (nSPS) is 21.7. The molecule has 0 saturated carbocycles. The summed E-state index contributed by atoms with van der Waals surface area (Å²) < 4.78 is 1.04. The van der Waals surface area contributed by atoms with Gasteiger partial charge in [0.15, 0.2) is 0 Å². The van der Waals surface area contributed by atoms with Gasteiger partial charge in [-0.15, -0.1) is 0 Å². The summed E-state index contributed by atoms with van der Waals surface area (Å²) in [6.07, 6.45) is 7.00. The third-order valence-electron chi connectivity index (χ3n) is 2.70. The maximum absolute atomic E-state index is 9.28. The molecule has 1 aliphatic rings. The highest BCUT2D eigenvalue weighted by molar-refractivity contribution is 14.1. The molecule has 1 atom stereocenters. The van der Waals surface area contributed by atoms with Crippen LogP contribution in [0, 0.1) is 3.57 Å². The van der Waals surface area contributed by atoms with Crippen molar-refractivity contribution in [2.75, 3.05) is 18.1 Å². The van der Waals surface area contributed by atoms with Gasteiger partial charge in [0.25, 0.3) is 0 Å². The molecular formula is C10H14IN3O. The summed E-state index contributed by atoms with van der Waals surface area (Å²) in [5.41, 5.74) is 0. The Kier molecular flexibility index (Phi) is 3.74. The number of aromatic nitrogens is 2. The Bertz CT molecular complexity index is 317. The Morgan fingerprint density at radius 1 is 1.40 bits per heavy atom.